The van der Waals surface area contributed by atoms with Crippen LogP contribution in [-0.2, 0) is 11.3 Å². The van der Waals surface area contributed by atoms with Crippen LogP contribution >= 0.6 is 11.6 Å². The van der Waals surface area contributed by atoms with Gasteiger partial charge in [-0.3, -0.25) is 9.69 Å². The molecule has 174 valence electrons. The van der Waals surface area contributed by atoms with Crippen LogP contribution in [0.2, 0.25) is 5.02 Å². The fourth-order valence-electron chi connectivity index (χ4n) is 4.70. The van der Waals surface area contributed by atoms with Crippen molar-refractivity contribution in [3.8, 4) is 0 Å². The average molecular weight is 462 g/mol. The van der Waals surface area contributed by atoms with Gasteiger partial charge in [0.15, 0.2) is 0 Å². The second kappa shape index (κ2) is 9.29. The highest BCUT2D eigenvalue weighted by Crippen LogP contribution is 2.33. The average Bonchev–Trinajstić information content (AvgIpc) is 3.47. The summed E-state index contributed by atoms with van der Waals surface area (Å²) in [5.41, 5.74) is 5.05. The van der Waals surface area contributed by atoms with E-state index in [1.807, 2.05) is 6.07 Å². The summed E-state index contributed by atoms with van der Waals surface area (Å²) in [5.74, 6) is -1.00. The van der Waals surface area contributed by atoms with Crippen molar-refractivity contribution in [2.45, 2.75) is 50.7 Å². The Morgan fingerprint density at radius 1 is 1.22 bits per heavy atom. The van der Waals surface area contributed by atoms with Crippen molar-refractivity contribution in [2.75, 3.05) is 38.1 Å². The standard InChI is InChI=1S/C23H32ClN5O3/c1-23(8-13-28(14-9-23)22(32)29-12-7-19(25-29)21(30)31)26(2)16-17-5-6-18(24)20(15-17)27-10-3-4-11-27/h5-7,12,15,19,25H,3-4,8-11,13-14,16H2,1-2H3,(H,30,31). The number of likely N-dealkylation sites (tertiary alicyclic amines) is 1. The summed E-state index contributed by atoms with van der Waals surface area (Å²) in [5, 5.41) is 11.2. The van der Waals surface area contributed by atoms with Gasteiger partial charge in [-0.2, -0.15) is 0 Å². The molecule has 9 heteroatoms. The Bertz CT molecular complexity index is 894. The number of carbonyl (C=O) groups excluding carboxylic acids is 1. The van der Waals surface area contributed by atoms with E-state index in [4.69, 9.17) is 16.7 Å². The van der Waals surface area contributed by atoms with Crippen LogP contribution in [0.1, 0.15) is 38.2 Å². The van der Waals surface area contributed by atoms with Gasteiger partial charge in [-0.05, 0) is 63.4 Å². The second-order valence-electron chi connectivity index (χ2n) is 9.26. The number of amides is 2. The topological polar surface area (TPSA) is 79.4 Å². The molecule has 0 radical (unpaired) electrons. The largest absolute Gasteiger partial charge is 0.480 e. The molecule has 8 nitrogen and oxygen atoms in total. The smallest absolute Gasteiger partial charge is 0.338 e. The molecule has 1 unspecified atom stereocenters. The van der Waals surface area contributed by atoms with Crippen LogP contribution in [0.4, 0.5) is 10.5 Å². The maximum absolute atomic E-state index is 12.8. The molecule has 0 aromatic heterocycles. The van der Waals surface area contributed by atoms with Gasteiger partial charge in [0.05, 0.1) is 10.7 Å². The summed E-state index contributed by atoms with van der Waals surface area (Å²) in [4.78, 5) is 30.4. The van der Waals surface area contributed by atoms with E-state index in [1.54, 1.807) is 4.90 Å². The lowest BCUT2D eigenvalue weighted by molar-refractivity contribution is -0.138. The van der Waals surface area contributed by atoms with E-state index in [9.17, 15) is 9.59 Å². The number of aliphatic carboxylic acids is 1. The number of carbonyl (C=O) groups is 2. The van der Waals surface area contributed by atoms with E-state index in [-0.39, 0.29) is 11.6 Å². The van der Waals surface area contributed by atoms with Crippen LogP contribution < -0.4 is 10.3 Å². The van der Waals surface area contributed by atoms with Gasteiger partial charge in [-0.15, -0.1) is 0 Å². The lowest BCUT2D eigenvalue weighted by atomic mass is 9.87. The molecule has 1 aromatic rings. The first-order valence-electron chi connectivity index (χ1n) is 11.3. The monoisotopic (exact) mass is 461 g/mol. The highest BCUT2D eigenvalue weighted by molar-refractivity contribution is 6.33. The van der Waals surface area contributed by atoms with Crippen molar-refractivity contribution in [3.63, 3.8) is 0 Å². The third kappa shape index (κ3) is 4.72. The SMILES string of the molecule is CN(Cc1ccc(Cl)c(N2CCCC2)c1)C1(C)CCN(C(=O)N2C=CC(C(=O)O)N2)CC1. The molecule has 2 saturated heterocycles. The number of hydrazine groups is 1. The predicted octanol–water partition coefficient (Wildman–Crippen LogP) is 3.13. The number of rotatable bonds is 5. The van der Waals surface area contributed by atoms with Crippen molar-refractivity contribution in [1.29, 1.82) is 0 Å². The van der Waals surface area contributed by atoms with Crippen molar-refractivity contribution >= 4 is 29.3 Å². The van der Waals surface area contributed by atoms with Crippen molar-refractivity contribution in [1.82, 2.24) is 20.2 Å². The summed E-state index contributed by atoms with van der Waals surface area (Å²) in [6.07, 6.45) is 7.11. The first kappa shape index (κ1) is 22.9. The molecule has 0 aliphatic carbocycles. The normalized spacial score (nSPS) is 22.8. The van der Waals surface area contributed by atoms with Gasteiger partial charge in [0.2, 0.25) is 0 Å². The number of halogens is 1. The Morgan fingerprint density at radius 2 is 1.91 bits per heavy atom. The molecule has 1 atom stereocenters. The second-order valence-corrected chi connectivity index (χ2v) is 9.67. The molecule has 2 N–H and O–H groups in total. The van der Waals surface area contributed by atoms with E-state index in [1.165, 1.54) is 35.7 Å². The van der Waals surface area contributed by atoms with Crippen LogP contribution in [0.3, 0.4) is 0 Å². The molecule has 0 spiro atoms. The number of benzene rings is 1. The zero-order valence-electron chi connectivity index (χ0n) is 18.8. The van der Waals surface area contributed by atoms with Gasteiger partial charge in [-0.25, -0.2) is 15.2 Å². The summed E-state index contributed by atoms with van der Waals surface area (Å²) >= 11 is 6.48. The number of carboxylic acid groups (broad SMARTS) is 1. The molecule has 2 fully saturated rings. The molecule has 3 aliphatic heterocycles. The molecular formula is C23H32ClN5O3. The molecular weight excluding hydrogens is 430 g/mol. The Kier molecular flexibility index (Phi) is 6.65. The predicted molar refractivity (Wildman–Crippen MR) is 125 cm³/mol. The van der Waals surface area contributed by atoms with Gasteiger partial charge < -0.3 is 14.9 Å². The molecule has 3 heterocycles. The van der Waals surface area contributed by atoms with E-state index >= 15 is 0 Å². The summed E-state index contributed by atoms with van der Waals surface area (Å²) in [7, 11) is 2.14. The van der Waals surface area contributed by atoms with Crippen LogP contribution in [-0.4, -0.2) is 76.7 Å². The molecule has 2 amide bonds. The lowest BCUT2D eigenvalue weighted by Crippen LogP contribution is -2.56. The fourth-order valence-corrected chi connectivity index (χ4v) is 4.94. The van der Waals surface area contributed by atoms with Crippen molar-refractivity contribution in [3.05, 3.63) is 41.1 Å². The highest BCUT2D eigenvalue weighted by Gasteiger charge is 2.37. The zero-order chi connectivity index (χ0) is 22.9. The molecule has 3 aliphatic rings. The maximum Gasteiger partial charge on any atom is 0.338 e. The van der Waals surface area contributed by atoms with E-state index < -0.39 is 12.0 Å². The first-order chi connectivity index (χ1) is 15.3. The van der Waals surface area contributed by atoms with Crippen molar-refractivity contribution in [2.24, 2.45) is 0 Å². The number of hydrogen-bond donors (Lipinski definition) is 2. The minimum Gasteiger partial charge on any atom is -0.480 e. The Balaban J connectivity index is 1.34. The molecule has 4 rings (SSSR count). The van der Waals surface area contributed by atoms with E-state index in [2.05, 4.69) is 41.3 Å². The summed E-state index contributed by atoms with van der Waals surface area (Å²) in [6, 6.07) is 5.26. The number of piperidine rings is 1. The Hall–Kier alpha value is -2.29. The van der Waals surface area contributed by atoms with E-state index in [0.717, 1.165) is 43.2 Å². The number of nitrogens with zero attached hydrogens (tertiary/aromatic N) is 4. The van der Waals surface area contributed by atoms with Gasteiger partial charge in [0, 0.05) is 44.5 Å². The molecule has 1 aromatic carbocycles. The van der Waals surface area contributed by atoms with Gasteiger partial charge in [-0.1, -0.05) is 17.7 Å². The minimum absolute atomic E-state index is 0.0257. The minimum atomic E-state index is -1.00. The Labute approximate surface area is 194 Å². The number of hydrogen-bond acceptors (Lipinski definition) is 5. The third-order valence-corrected chi connectivity index (χ3v) is 7.41. The highest BCUT2D eigenvalue weighted by atomic mass is 35.5. The molecule has 0 saturated carbocycles. The van der Waals surface area contributed by atoms with Gasteiger partial charge in [0.25, 0.3) is 0 Å². The molecule has 0 bridgehead atoms. The number of anilines is 1. The van der Waals surface area contributed by atoms with Crippen LogP contribution in [0.15, 0.2) is 30.5 Å². The first-order valence-corrected chi connectivity index (χ1v) is 11.6. The quantitative estimate of drug-likeness (QED) is 0.701. The van der Waals surface area contributed by atoms with Crippen molar-refractivity contribution < 1.29 is 14.7 Å². The van der Waals surface area contributed by atoms with Gasteiger partial charge in [0.1, 0.15) is 6.04 Å². The van der Waals surface area contributed by atoms with Gasteiger partial charge >= 0.3 is 12.0 Å². The lowest BCUT2D eigenvalue weighted by Gasteiger charge is -2.45. The number of urea groups is 1. The Morgan fingerprint density at radius 3 is 2.53 bits per heavy atom. The van der Waals surface area contributed by atoms with Crippen LogP contribution in [0.25, 0.3) is 0 Å². The molecule has 32 heavy (non-hydrogen) atoms. The maximum atomic E-state index is 12.8. The summed E-state index contributed by atoms with van der Waals surface area (Å²) in [6.45, 7) is 6.45. The zero-order valence-corrected chi connectivity index (χ0v) is 19.5. The van der Waals surface area contributed by atoms with Crippen LogP contribution in [0.5, 0.6) is 0 Å². The van der Waals surface area contributed by atoms with E-state index in [0.29, 0.717) is 13.1 Å². The summed E-state index contributed by atoms with van der Waals surface area (Å²) < 4.78 is 0. The number of carboxylic acids is 1. The number of nitrogens with one attached hydrogen (secondary N) is 1. The third-order valence-electron chi connectivity index (χ3n) is 7.09. The van der Waals surface area contributed by atoms with Crippen LogP contribution in [0, 0.1) is 0 Å². The fraction of sp³-hybridized carbons (Fsp3) is 0.565.